The molecule has 2 nitrogen and oxygen atoms in total. The van der Waals surface area contributed by atoms with E-state index in [1.165, 1.54) is 12.1 Å². The smallest absolute Gasteiger partial charge is 0.146 e. The van der Waals surface area contributed by atoms with Crippen molar-refractivity contribution in [3.63, 3.8) is 0 Å². The van der Waals surface area contributed by atoms with Gasteiger partial charge in [0.15, 0.2) is 0 Å². The van der Waals surface area contributed by atoms with Gasteiger partial charge in [0, 0.05) is 32.2 Å². The molecule has 1 heterocycles. The van der Waals surface area contributed by atoms with Crippen LogP contribution in [0.25, 0.3) is 0 Å². The molecule has 0 aromatic heterocycles. The molecule has 1 aromatic carbocycles. The quantitative estimate of drug-likeness (QED) is 0.762. The van der Waals surface area contributed by atoms with Crippen LogP contribution in [0.3, 0.4) is 0 Å². The lowest BCUT2D eigenvalue weighted by Crippen LogP contribution is -2.43. The second-order valence-electron chi connectivity index (χ2n) is 3.79. The van der Waals surface area contributed by atoms with Crippen LogP contribution in [0.15, 0.2) is 12.1 Å². The molecule has 0 spiro atoms. The van der Waals surface area contributed by atoms with Gasteiger partial charge in [0.2, 0.25) is 0 Å². The number of rotatable bonds is 1. The molecule has 1 aliphatic rings. The maximum Gasteiger partial charge on any atom is 0.146 e. The van der Waals surface area contributed by atoms with E-state index in [2.05, 4.69) is 5.32 Å². The second-order valence-corrected chi connectivity index (χ2v) is 3.79. The molecule has 15 heavy (non-hydrogen) atoms. The van der Waals surface area contributed by atoms with Crippen LogP contribution < -0.4 is 10.2 Å². The van der Waals surface area contributed by atoms with Crippen molar-refractivity contribution >= 4 is 5.69 Å². The summed E-state index contributed by atoms with van der Waals surface area (Å²) in [7, 11) is 0. The molecule has 0 bridgehead atoms. The van der Waals surface area contributed by atoms with Gasteiger partial charge in [-0.3, -0.25) is 0 Å². The molecule has 0 radical (unpaired) electrons. The molecule has 1 N–H and O–H groups in total. The van der Waals surface area contributed by atoms with Crippen molar-refractivity contribution in [2.24, 2.45) is 0 Å². The number of nitrogens with zero attached hydrogens (tertiary/aromatic N) is 1. The summed E-state index contributed by atoms with van der Waals surface area (Å²) in [6.07, 6.45) is 0. The van der Waals surface area contributed by atoms with E-state index in [0.29, 0.717) is 11.3 Å². The van der Waals surface area contributed by atoms with Crippen LogP contribution in [-0.4, -0.2) is 26.2 Å². The Hall–Kier alpha value is -1.16. The van der Waals surface area contributed by atoms with E-state index in [-0.39, 0.29) is 11.6 Å². The minimum absolute atomic E-state index is 0.337. The van der Waals surface area contributed by atoms with Gasteiger partial charge < -0.3 is 10.2 Å². The zero-order valence-electron chi connectivity index (χ0n) is 8.69. The first kappa shape index (κ1) is 10.4. The third kappa shape index (κ3) is 2.09. The van der Waals surface area contributed by atoms with Crippen LogP contribution in [-0.2, 0) is 0 Å². The average Bonchev–Trinajstić information content (AvgIpc) is 2.25. The molecule has 4 heteroatoms. The summed E-state index contributed by atoms with van der Waals surface area (Å²) in [6.45, 7) is 4.64. The van der Waals surface area contributed by atoms with Crippen molar-refractivity contribution in [3.8, 4) is 0 Å². The van der Waals surface area contributed by atoms with Crippen molar-refractivity contribution < 1.29 is 8.78 Å². The first-order valence-electron chi connectivity index (χ1n) is 5.10. The number of hydrogen-bond donors (Lipinski definition) is 1. The Morgan fingerprint density at radius 3 is 2.47 bits per heavy atom. The predicted octanol–water partition coefficient (Wildman–Crippen LogP) is 1.68. The van der Waals surface area contributed by atoms with E-state index in [0.717, 1.165) is 26.2 Å². The van der Waals surface area contributed by atoms with E-state index < -0.39 is 0 Å². The zero-order chi connectivity index (χ0) is 10.8. The molecule has 1 aliphatic heterocycles. The fourth-order valence-electron chi connectivity index (χ4n) is 1.78. The Morgan fingerprint density at radius 1 is 1.13 bits per heavy atom. The topological polar surface area (TPSA) is 15.3 Å². The normalized spacial score (nSPS) is 16.9. The van der Waals surface area contributed by atoms with Gasteiger partial charge in [0.25, 0.3) is 0 Å². The van der Waals surface area contributed by atoms with Gasteiger partial charge in [-0.1, -0.05) is 0 Å². The molecule has 0 saturated carbocycles. The molecule has 0 aliphatic carbocycles. The number of nitrogens with one attached hydrogen (secondary N) is 1. The number of hydrogen-bond acceptors (Lipinski definition) is 2. The molecule has 1 aromatic rings. The summed E-state index contributed by atoms with van der Waals surface area (Å²) in [6, 6.07) is 2.54. The van der Waals surface area contributed by atoms with Gasteiger partial charge in [0.05, 0.1) is 5.69 Å². The summed E-state index contributed by atoms with van der Waals surface area (Å²) in [5.41, 5.74) is 0.728. The molecule has 0 amide bonds. The summed E-state index contributed by atoms with van der Waals surface area (Å²) >= 11 is 0. The largest absolute Gasteiger partial charge is 0.367 e. The van der Waals surface area contributed by atoms with Gasteiger partial charge in [-0.2, -0.15) is 0 Å². The fourth-order valence-corrected chi connectivity index (χ4v) is 1.78. The number of benzene rings is 1. The Kier molecular flexibility index (Phi) is 2.86. The van der Waals surface area contributed by atoms with Crippen molar-refractivity contribution in [1.82, 2.24) is 5.32 Å². The van der Waals surface area contributed by atoms with Gasteiger partial charge in [-0.25, -0.2) is 8.78 Å². The Morgan fingerprint density at radius 2 is 1.80 bits per heavy atom. The average molecular weight is 212 g/mol. The second kappa shape index (κ2) is 4.14. The van der Waals surface area contributed by atoms with E-state index in [1.807, 2.05) is 4.90 Å². The van der Waals surface area contributed by atoms with Gasteiger partial charge >= 0.3 is 0 Å². The third-order valence-electron chi connectivity index (χ3n) is 2.69. The molecule has 82 valence electrons. The van der Waals surface area contributed by atoms with E-state index in [1.54, 1.807) is 6.92 Å². The van der Waals surface area contributed by atoms with E-state index in [4.69, 9.17) is 0 Å². The number of halogens is 2. The Labute approximate surface area is 87.9 Å². The van der Waals surface area contributed by atoms with Gasteiger partial charge in [0.1, 0.15) is 11.6 Å². The van der Waals surface area contributed by atoms with Crippen LogP contribution in [0.1, 0.15) is 5.56 Å². The molecular formula is C11H14F2N2. The van der Waals surface area contributed by atoms with Crippen LogP contribution in [0.2, 0.25) is 0 Å². The van der Waals surface area contributed by atoms with Gasteiger partial charge in [-0.15, -0.1) is 0 Å². The summed E-state index contributed by atoms with van der Waals surface area (Å²) in [4.78, 5) is 1.87. The number of piperazine rings is 1. The van der Waals surface area contributed by atoms with Crippen molar-refractivity contribution in [1.29, 1.82) is 0 Å². The fraction of sp³-hybridized carbons (Fsp3) is 0.455. The van der Waals surface area contributed by atoms with Crippen molar-refractivity contribution in [3.05, 3.63) is 29.3 Å². The number of aryl methyl sites for hydroxylation is 1. The van der Waals surface area contributed by atoms with Crippen LogP contribution in [0, 0.1) is 18.6 Å². The number of anilines is 1. The minimum Gasteiger partial charge on any atom is -0.367 e. The highest BCUT2D eigenvalue weighted by Gasteiger charge is 2.16. The summed E-state index contributed by atoms with van der Waals surface area (Å²) in [5, 5.41) is 3.17. The third-order valence-corrected chi connectivity index (χ3v) is 2.69. The van der Waals surface area contributed by atoms with E-state index >= 15 is 0 Å². The minimum atomic E-state index is -0.343. The van der Waals surface area contributed by atoms with Crippen LogP contribution >= 0.6 is 0 Å². The highest BCUT2D eigenvalue weighted by Crippen LogP contribution is 2.23. The molecule has 0 atom stereocenters. The highest BCUT2D eigenvalue weighted by molar-refractivity contribution is 5.50. The summed E-state index contributed by atoms with van der Waals surface area (Å²) in [5.74, 6) is -0.680. The van der Waals surface area contributed by atoms with E-state index in [9.17, 15) is 8.78 Å². The first-order valence-corrected chi connectivity index (χ1v) is 5.10. The zero-order valence-corrected chi connectivity index (χ0v) is 8.69. The van der Waals surface area contributed by atoms with Gasteiger partial charge in [-0.05, 0) is 18.6 Å². The van der Waals surface area contributed by atoms with Crippen molar-refractivity contribution in [2.45, 2.75) is 6.92 Å². The molecule has 1 saturated heterocycles. The lowest BCUT2D eigenvalue weighted by Gasteiger charge is -2.29. The Balaban J connectivity index is 2.30. The maximum atomic E-state index is 13.6. The monoisotopic (exact) mass is 212 g/mol. The van der Waals surface area contributed by atoms with Crippen molar-refractivity contribution in [2.75, 3.05) is 31.1 Å². The SMILES string of the molecule is Cc1cc(F)c(N2CCNCC2)cc1F. The summed E-state index contributed by atoms with van der Waals surface area (Å²) < 4.78 is 26.9. The van der Waals surface area contributed by atoms with Crippen LogP contribution in [0.4, 0.5) is 14.5 Å². The highest BCUT2D eigenvalue weighted by atomic mass is 19.1. The Bertz CT molecular complexity index is 360. The molecule has 0 unspecified atom stereocenters. The molecule has 2 rings (SSSR count). The lowest BCUT2D eigenvalue weighted by atomic mass is 10.2. The first-order chi connectivity index (χ1) is 7.18. The van der Waals surface area contributed by atoms with Crippen LogP contribution in [0.5, 0.6) is 0 Å². The molecule has 1 fully saturated rings. The predicted molar refractivity (Wildman–Crippen MR) is 56.2 cm³/mol. The standard InChI is InChI=1S/C11H14F2N2/c1-8-6-10(13)11(7-9(8)12)15-4-2-14-3-5-15/h6-7,14H,2-5H2,1H3. The lowest BCUT2D eigenvalue weighted by molar-refractivity contribution is 0.555. The molecular weight excluding hydrogens is 198 g/mol. The maximum absolute atomic E-state index is 13.6.